The number of nitrogens with one attached hydrogen (secondary N) is 1. The Hall–Kier alpha value is -2.80. The molecule has 156 valence electrons. The van der Waals surface area contributed by atoms with Gasteiger partial charge in [-0.2, -0.15) is 0 Å². The highest BCUT2D eigenvalue weighted by Gasteiger charge is 2.29. The van der Waals surface area contributed by atoms with Gasteiger partial charge in [0.25, 0.3) is 0 Å². The van der Waals surface area contributed by atoms with Gasteiger partial charge < -0.3 is 14.8 Å². The lowest BCUT2D eigenvalue weighted by Crippen LogP contribution is -2.40. The van der Waals surface area contributed by atoms with Crippen molar-refractivity contribution in [2.45, 2.75) is 44.9 Å². The molecular weight excluding hydrogens is 396 g/mol. The number of imidazole rings is 1. The first-order valence-corrected chi connectivity index (χ1v) is 11.2. The third-order valence-corrected chi connectivity index (χ3v) is 6.08. The maximum Gasteiger partial charge on any atom is 0.237 e. The summed E-state index contributed by atoms with van der Waals surface area (Å²) in [5, 5.41) is 3.75. The van der Waals surface area contributed by atoms with Crippen LogP contribution in [0.5, 0.6) is 0 Å². The Morgan fingerprint density at radius 1 is 1.20 bits per heavy atom. The Bertz CT molecular complexity index is 1090. The Morgan fingerprint density at radius 2 is 1.93 bits per heavy atom. The lowest BCUT2D eigenvalue weighted by atomic mass is 10.2. The molecule has 1 atom stereocenters. The van der Waals surface area contributed by atoms with Crippen molar-refractivity contribution in [2.75, 3.05) is 16.0 Å². The zero-order valence-electron chi connectivity index (χ0n) is 17.5. The molecule has 1 unspecified atom stereocenters. The molecule has 4 rings (SSSR count). The van der Waals surface area contributed by atoms with Crippen molar-refractivity contribution in [3.05, 3.63) is 48.5 Å². The van der Waals surface area contributed by atoms with Crippen LogP contribution < -0.4 is 10.2 Å². The van der Waals surface area contributed by atoms with Crippen molar-refractivity contribution in [3.63, 3.8) is 0 Å². The van der Waals surface area contributed by atoms with Gasteiger partial charge >= 0.3 is 0 Å². The van der Waals surface area contributed by atoms with Crippen LogP contribution in [0.25, 0.3) is 11.0 Å². The number of nitrogens with zero attached hydrogens (tertiary/aromatic N) is 3. The van der Waals surface area contributed by atoms with Gasteiger partial charge in [0.2, 0.25) is 11.8 Å². The van der Waals surface area contributed by atoms with Crippen LogP contribution >= 0.6 is 11.8 Å². The van der Waals surface area contributed by atoms with Gasteiger partial charge in [-0.1, -0.05) is 49.9 Å². The molecule has 0 saturated heterocycles. The van der Waals surface area contributed by atoms with Crippen LogP contribution in [0.3, 0.4) is 0 Å². The Morgan fingerprint density at radius 3 is 2.73 bits per heavy atom. The van der Waals surface area contributed by atoms with Crippen molar-refractivity contribution in [2.24, 2.45) is 5.92 Å². The average molecular weight is 423 g/mol. The van der Waals surface area contributed by atoms with E-state index in [2.05, 4.69) is 29.8 Å². The zero-order valence-corrected chi connectivity index (χ0v) is 18.3. The molecule has 1 aliphatic rings. The van der Waals surface area contributed by atoms with Gasteiger partial charge in [-0.15, -0.1) is 0 Å². The van der Waals surface area contributed by atoms with Crippen LogP contribution in [0.1, 0.15) is 27.2 Å². The second-order valence-electron chi connectivity index (χ2n) is 8.06. The van der Waals surface area contributed by atoms with E-state index in [1.807, 2.05) is 49.4 Å². The minimum atomic E-state index is -0.212. The van der Waals surface area contributed by atoms with E-state index in [0.29, 0.717) is 11.6 Å². The molecule has 0 radical (unpaired) electrons. The largest absolute Gasteiger partial charge is 0.324 e. The Balaban J connectivity index is 1.60. The molecule has 30 heavy (non-hydrogen) atoms. The van der Waals surface area contributed by atoms with Gasteiger partial charge in [0.05, 0.1) is 28.2 Å². The standard InChI is InChI=1S/C23H26N4O2S/c1-15(2)13-26-19-10-6-4-8-17(19)25-23(26)30-14-22(29)27-16(3)12-21(28)24-18-9-5-7-11-20(18)27/h4-11,15-16H,12-14H2,1-3H3,(H,24,28). The molecule has 1 aromatic heterocycles. The highest BCUT2D eigenvalue weighted by Crippen LogP contribution is 2.33. The molecule has 6 nitrogen and oxygen atoms in total. The van der Waals surface area contributed by atoms with Crippen LogP contribution in [0.4, 0.5) is 11.4 Å². The van der Waals surface area contributed by atoms with E-state index in [1.54, 1.807) is 4.90 Å². The first kappa shape index (κ1) is 20.5. The SMILES string of the molecule is CC(C)Cn1c(SCC(=O)N2c3ccccc3NC(=O)CC2C)nc2ccccc21. The van der Waals surface area contributed by atoms with E-state index >= 15 is 0 Å². The second-order valence-corrected chi connectivity index (χ2v) is 9.00. The summed E-state index contributed by atoms with van der Waals surface area (Å²) in [6, 6.07) is 15.3. The fourth-order valence-electron chi connectivity index (χ4n) is 3.87. The third kappa shape index (κ3) is 4.07. The summed E-state index contributed by atoms with van der Waals surface area (Å²) in [5.41, 5.74) is 3.45. The van der Waals surface area contributed by atoms with Crippen LogP contribution in [0.2, 0.25) is 0 Å². The van der Waals surface area contributed by atoms with Crippen molar-refractivity contribution < 1.29 is 9.59 Å². The molecule has 3 aromatic rings. The van der Waals surface area contributed by atoms with Gasteiger partial charge in [0.15, 0.2) is 5.16 Å². The van der Waals surface area contributed by atoms with Gasteiger partial charge in [-0.05, 0) is 37.1 Å². The number of benzene rings is 2. The van der Waals surface area contributed by atoms with E-state index in [4.69, 9.17) is 4.98 Å². The van der Waals surface area contributed by atoms with Gasteiger partial charge in [0, 0.05) is 19.0 Å². The number of thioether (sulfide) groups is 1. The van der Waals surface area contributed by atoms with Gasteiger partial charge in [-0.25, -0.2) is 4.98 Å². The summed E-state index contributed by atoms with van der Waals surface area (Å²) in [6.07, 6.45) is 0.275. The highest BCUT2D eigenvalue weighted by molar-refractivity contribution is 7.99. The molecule has 2 aromatic carbocycles. The van der Waals surface area contributed by atoms with Crippen molar-refractivity contribution in [1.29, 1.82) is 0 Å². The van der Waals surface area contributed by atoms with E-state index in [-0.39, 0.29) is 30.0 Å². The first-order chi connectivity index (χ1) is 14.4. The predicted molar refractivity (Wildman–Crippen MR) is 122 cm³/mol. The van der Waals surface area contributed by atoms with Crippen LogP contribution in [-0.2, 0) is 16.1 Å². The Kier molecular flexibility index (Phi) is 5.81. The lowest BCUT2D eigenvalue weighted by molar-refractivity contribution is -0.117. The topological polar surface area (TPSA) is 67.2 Å². The van der Waals surface area contributed by atoms with E-state index in [1.165, 1.54) is 11.8 Å². The van der Waals surface area contributed by atoms with Gasteiger partial charge in [-0.3, -0.25) is 9.59 Å². The van der Waals surface area contributed by atoms with E-state index < -0.39 is 0 Å². The molecule has 0 bridgehead atoms. The number of carbonyl (C=O) groups excluding carboxylic acids is 2. The van der Waals surface area contributed by atoms with Crippen molar-refractivity contribution >= 4 is 46.0 Å². The summed E-state index contributed by atoms with van der Waals surface area (Å²) >= 11 is 1.46. The zero-order chi connectivity index (χ0) is 21.3. The van der Waals surface area contributed by atoms with Crippen molar-refractivity contribution in [1.82, 2.24) is 9.55 Å². The van der Waals surface area contributed by atoms with Crippen LogP contribution in [0.15, 0.2) is 53.7 Å². The fraction of sp³-hybridized carbons (Fsp3) is 0.348. The normalized spacial score (nSPS) is 16.5. The molecule has 0 aliphatic carbocycles. The smallest absolute Gasteiger partial charge is 0.237 e. The number of fused-ring (bicyclic) bond motifs is 2. The molecule has 2 amide bonds. The molecular formula is C23H26N4O2S. The third-order valence-electron chi connectivity index (χ3n) is 5.12. The number of para-hydroxylation sites is 4. The van der Waals surface area contributed by atoms with Crippen molar-refractivity contribution in [3.8, 4) is 0 Å². The van der Waals surface area contributed by atoms with E-state index in [0.717, 1.165) is 28.4 Å². The lowest BCUT2D eigenvalue weighted by Gasteiger charge is -2.27. The van der Waals surface area contributed by atoms with E-state index in [9.17, 15) is 9.59 Å². The quantitative estimate of drug-likeness (QED) is 0.613. The Labute approximate surface area is 180 Å². The highest BCUT2D eigenvalue weighted by atomic mass is 32.2. The number of hydrogen-bond donors (Lipinski definition) is 1. The predicted octanol–water partition coefficient (Wildman–Crippen LogP) is 4.55. The molecule has 0 spiro atoms. The number of anilines is 2. The van der Waals surface area contributed by atoms with Crippen LogP contribution in [0, 0.1) is 5.92 Å². The maximum atomic E-state index is 13.3. The number of carbonyl (C=O) groups is 2. The minimum absolute atomic E-state index is 0.0281. The summed E-state index contributed by atoms with van der Waals surface area (Å²) < 4.78 is 2.20. The summed E-state index contributed by atoms with van der Waals surface area (Å²) in [4.78, 5) is 32.0. The number of amides is 2. The number of aromatic nitrogens is 2. The second kappa shape index (κ2) is 8.52. The first-order valence-electron chi connectivity index (χ1n) is 10.2. The fourth-order valence-corrected chi connectivity index (χ4v) is 4.75. The number of rotatable bonds is 5. The van der Waals surface area contributed by atoms with Crippen LogP contribution in [-0.4, -0.2) is 33.2 Å². The molecule has 7 heteroatoms. The number of hydrogen-bond acceptors (Lipinski definition) is 4. The summed E-state index contributed by atoms with van der Waals surface area (Å²) in [6.45, 7) is 7.11. The summed E-state index contributed by atoms with van der Waals surface area (Å²) in [5.74, 6) is 0.623. The molecule has 1 N–H and O–H groups in total. The molecule has 2 heterocycles. The molecule has 0 fully saturated rings. The maximum absolute atomic E-state index is 13.3. The van der Waals surface area contributed by atoms with Gasteiger partial charge in [0.1, 0.15) is 0 Å². The molecule has 1 aliphatic heterocycles. The monoisotopic (exact) mass is 422 g/mol. The molecule has 0 saturated carbocycles. The minimum Gasteiger partial charge on any atom is -0.324 e. The summed E-state index contributed by atoms with van der Waals surface area (Å²) in [7, 11) is 0. The average Bonchev–Trinajstić information content (AvgIpc) is 2.97.